The summed E-state index contributed by atoms with van der Waals surface area (Å²) in [4.78, 5) is 55.1. The lowest BCUT2D eigenvalue weighted by Gasteiger charge is -2.50. The lowest BCUT2D eigenvalue weighted by atomic mass is 9.58. The predicted molar refractivity (Wildman–Crippen MR) is 138 cm³/mol. The highest BCUT2D eigenvalue weighted by atomic mass is 19.1. The van der Waals surface area contributed by atoms with Gasteiger partial charge in [-0.05, 0) is 46.4 Å². The summed E-state index contributed by atoms with van der Waals surface area (Å²) in [6.07, 6.45) is -0.371. The number of hydrogen-bond donors (Lipinski definition) is 6. The summed E-state index contributed by atoms with van der Waals surface area (Å²) in [7, 11) is 4.75. The number of Topliss-reactive ketones (excluding diaryl/α,β-unsaturated/α-hetero) is 2. The molecule has 1 aromatic carbocycles. The number of allylic oxidation sites excluding steroid dienone is 1. The normalized spacial score (nSPS) is 29.8. The lowest BCUT2D eigenvalue weighted by Crippen LogP contribution is -2.63. The van der Waals surface area contributed by atoms with Gasteiger partial charge < -0.3 is 31.5 Å². The molecule has 2 amide bonds. The van der Waals surface area contributed by atoms with Gasteiger partial charge in [-0.25, -0.2) is 4.39 Å². The summed E-state index contributed by atoms with van der Waals surface area (Å²) in [6, 6.07) is -1.84. The molecule has 5 atom stereocenters. The van der Waals surface area contributed by atoms with Crippen molar-refractivity contribution in [3.63, 3.8) is 0 Å². The van der Waals surface area contributed by atoms with Gasteiger partial charge in [0.2, 0.25) is 11.7 Å². The summed E-state index contributed by atoms with van der Waals surface area (Å²) in [6.45, 7) is 2.35. The number of nitrogens with two attached hydrogens (primary N) is 1. The number of fused-ring (bicyclic) bond motifs is 4. The number of phenols is 1. The fraction of sp³-hybridized carbons (Fsp3) is 0.481. The quantitative estimate of drug-likeness (QED) is 0.218. The zero-order valence-electron chi connectivity index (χ0n) is 22.4. The molecule has 13 heteroatoms. The Bertz CT molecular complexity index is 1470. The molecule has 7 N–H and O–H groups in total. The van der Waals surface area contributed by atoms with E-state index in [4.69, 9.17) is 5.73 Å². The van der Waals surface area contributed by atoms with Crippen molar-refractivity contribution in [2.75, 3.05) is 33.0 Å². The first-order valence-corrected chi connectivity index (χ1v) is 12.9. The van der Waals surface area contributed by atoms with Crippen LogP contribution in [0, 0.1) is 17.7 Å². The van der Waals surface area contributed by atoms with E-state index in [-0.39, 0.29) is 36.1 Å². The molecule has 1 unspecified atom stereocenters. The van der Waals surface area contributed by atoms with Crippen molar-refractivity contribution in [3.05, 3.63) is 45.2 Å². The third-order valence-corrected chi connectivity index (χ3v) is 8.90. The van der Waals surface area contributed by atoms with E-state index in [9.17, 15) is 39.6 Å². The van der Waals surface area contributed by atoms with Gasteiger partial charge in [0, 0.05) is 29.0 Å². The summed E-state index contributed by atoms with van der Waals surface area (Å²) in [5, 5.41) is 47.4. The Morgan fingerprint density at radius 1 is 1.12 bits per heavy atom. The fourth-order valence-corrected chi connectivity index (χ4v) is 6.79. The molecule has 0 saturated heterocycles. The molecule has 40 heavy (non-hydrogen) atoms. The van der Waals surface area contributed by atoms with Crippen LogP contribution in [-0.4, -0.2) is 99.0 Å². The summed E-state index contributed by atoms with van der Waals surface area (Å²) in [5.41, 5.74) is 0.425. The van der Waals surface area contributed by atoms with Crippen molar-refractivity contribution in [3.8, 4) is 5.75 Å². The topological polar surface area (TPSA) is 194 Å². The number of amides is 2. The highest BCUT2D eigenvalue weighted by Gasteiger charge is 2.63. The van der Waals surface area contributed by atoms with Crippen molar-refractivity contribution in [1.29, 1.82) is 0 Å². The van der Waals surface area contributed by atoms with Crippen LogP contribution >= 0.6 is 0 Å². The Morgan fingerprint density at radius 2 is 1.77 bits per heavy atom. The molecule has 0 aromatic heterocycles. The number of phenolic OH excluding ortho intramolecular Hbond substituents is 1. The first kappa shape index (κ1) is 27.7. The number of hydrogen-bond acceptors (Lipinski definition) is 10. The number of ketones is 2. The molecule has 214 valence electrons. The maximum atomic E-state index is 16.1. The van der Waals surface area contributed by atoms with Crippen LogP contribution in [0.3, 0.4) is 0 Å². The molecule has 1 aromatic rings. The molecule has 4 aliphatic rings. The molecule has 0 spiro atoms. The number of aliphatic hydroxyl groups is 3. The number of aromatic hydroxyl groups is 1. The summed E-state index contributed by atoms with van der Waals surface area (Å²) >= 11 is 0. The Hall–Kier alpha value is -3.81. The van der Waals surface area contributed by atoms with E-state index < -0.39 is 92.7 Å². The molecule has 0 bridgehead atoms. The molecule has 1 heterocycles. The Balaban J connectivity index is 1.69. The number of likely N-dealkylation sites (N-methyl/N-ethyl adjacent to an activating group) is 2. The van der Waals surface area contributed by atoms with Crippen LogP contribution in [0.2, 0.25) is 0 Å². The number of nitrogens with one attached hydrogen (secondary N) is 1. The van der Waals surface area contributed by atoms with Crippen LogP contribution in [0.1, 0.15) is 34.8 Å². The van der Waals surface area contributed by atoms with Crippen molar-refractivity contribution in [2.24, 2.45) is 17.6 Å². The summed E-state index contributed by atoms with van der Waals surface area (Å²) in [5.74, 6) is -9.48. The first-order valence-electron chi connectivity index (χ1n) is 12.9. The van der Waals surface area contributed by atoms with Crippen LogP contribution in [0.25, 0.3) is 0 Å². The number of anilines is 1. The van der Waals surface area contributed by atoms with Crippen LogP contribution in [-0.2, 0) is 27.2 Å². The number of primary amides is 1. The van der Waals surface area contributed by atoms with Gasteiger partial charge in [-0.3, -0.25) is 29.0 Å². The number of benzene rings is 1. The van der Waals surface area contributed by atoms with Gasteiger partial charge in [-0.2, -0.15) is 0 Å². The average Bonchev–Trinajstić information content (AvgIpc) is 2.88. The second-order valence-electron chi connectivity index (χ2n) is 11.1. The van der Waals surface area contributed by atoms with Gasteiger partial charge in [0.25, 0.3) is 5.91 Å². The van der Waals surface area contributed by atoms with Crippen molar-refractivity contribution < 1.29 is 44.0 Å². The molecule has 12 nitrogen and oxygen atoms in total. The van der Waals surface area contributed by atoms with E-state index in [1.807, 2.05) is 6.92 Å². The highest BCUT2D eigenvalue weighted by Crippen LogP contribution is 2.53. The number of carbonyl (C=O) groups excluding carboxylic acids is 4. The van der Waals surface area contributed by atoms with Crippen LogP contribution in [0.5, 0.6) is 5.75 Å². The minimum Gasteiger partial charge on any atom is -0.510 e. The largest absolute Gasteiger partial charge is 0.510 e. The molecular formula is C27H31FN4O8. The van der Waals surface area contributed by atoms with E-state index >= 15 is 4.39 Å². The molecule has 0 radical (unpaired) electrons. The number of halogens is 1. The van der Waals surface area contributed by atoms with Gasteiger partial charge in [0.05, 0.1) is 23.3 Å². The van der Waals surface area contributed by atoms with E-state index in [1.165, 1.54) is 19.0 Å². The molecule has 0 fully saturated rings. The van der Waals surface area contributed by atoms with E-state index in [1.54, 1.807) is 11.9 Å². The van der Waals surface area contributed by atoms with Gasteiger partial charge in [-0.15, -0.1) is 0 Å². The Morgan fingerprint density at radius 3 is 2.35 bits per heavy atom. The second-order valence-corrected chi connectivity index (χ2v) is 11.1. The van der Waals surface area contributed by atoms with Crippen molar-refractivity contribution >= 4 is 29.1 Å². The predicted octanol–water partition coefficient (Wildman–Crippen LogP) is 0.0746. The molecule has 3 aliphatic carbocycles. The monoisotopic (exact) mass is 558 g/mol. The summed E-state index contributed by atoms with van der Waals surface area (Å²) < 4.78 is 16.1. The highest BCUT2D eigenvalue weighted by molar-refractivity contribution is 6.25. The maximum absolute atomic E-state index is 16.1. The van der Waals surface area contributed by atoms with Gasteiger partial charge in [0.1, 0.15) is 22.9 Å². The standard InChI is InChI=1S/C27H31FN4O8/c1-5-32(4)13-8-11-17(28)10-6-9-7-12-19(31(2)3)22(35)16(25(29)38)24(37)27(12,40)23(36)14(9)20(33)15(10)21(34)18(11)30-26(13)39/h9,12-13,19,34-36,40H,5-8H2,1-4H3,(H2,29,38)(H,30,39)/t9-,12-,13?,19-,27-/m0/s1. The van der Waals surface area contributed by atoms with Gasteiger partial charge in [0.15, 0.2) is 17.1 Å². The molecule has 1 aliphatic heterocycles. The third-order valence-electron chi connectivity index (χ3n) is 8.90. The fourth-order valence-electron chi connectivity index (χ4n) is 6.79. The number of aliphatic hydroxyl groups excluding tert-OH is 2. The van der Waals surface area contributed by atoms with Crippen LogP contribution < -0.4 is 11.1 Å². The average molecular weight is 559 g/mol. The molecule has 0 saturated carbocycles. The number of nitrogens with zero attached hydrogens (tertiary/aromatic N) is 2. The number of carbonyl (C=O) groups is 4. The Kier molecular flexibility index (Phi) is 6.32. The molecular weight excluding hydrogens is 527 g/mol. The lowest BCUT2D eigenvalue weighted by molar-refractivity contribution is -0.148. The maximum Gasteiger partial charge on any atom is 0.255 e. The Labute approximate surface area is 228 Å². The SMILES string of the molecule is CCN(C)C1Cc2c(F)c3c(c(O)c2NC1=O)C(=O)C1=C(O)[C@]2(O)C(=O)C(C(N)=O)=C(O)[C@@H](N(C)C)[C@@H]2C[C@@H]1C3. The van der Waals surface area contributed by atoms with E-state index in [0.29, 0.717) is 6.54 Å². The van der Waals surface area contributed by atoms with Crippen molar-refractivity contribution in [1.82, 2.24) is 9.80 Å². The smallest absolute Gasteiger partial charge is 0.255 e. The van der Waals surface area contributed by atoms with Gasteiger partial charge in [-0.1, -0.05) is 6.92 Å². The zero-order chi connectivity index (χ0) is 29.6. The van der Waals surface area contributed by atoms with Gasteiger partial charge >= 0.3 is 0 Å². The third kappa shape index (κ3) is 3.47. The first-order chi connectivity index (χ1) is 18.7. The van der Waals surface area contributed by atoms with Crippen molar-refractivity contribution in [2.45, 2.75) is 43.9 Å². The minimum atomic E-state index is -2.79. The molecule has 5 rings (SSSR count). The van der Waals surface area contributed by atoms with E-state index in [2.05, 4.69) is 5.32 Å². The van der Waals surface area contributed by atoms with E-state index in [0.717, 1.165) is 0 Å². The minimum absolute atomic E-state index is 0.0425. The van der Waals surface area contributed by atoms with Crippen LogP contribution in [0.4, 0.5) is 10.1 Å². The van der Waals surface area contributed by atoms with Crippen LogP contribution in [0.15, 0.2) is 22.7 Å². The zero-order valence-corrected chi connectivity index (χ0v) is 22.4. The second kappa shape index (κ2) is 9.11. The number of rotatable bonds is 4.